The minimum absolute atomic E-state index is 0. The number of hydrogen-bond acceptors (Lipinski definition) is 25. The number of fused-ring (bicyclic) bond motifs is 18. The largest absolute Gasteiger partial charge is 0.480 e. The van der Waals surface area contributed by atoms with Crippen LogP contribution in [0.25, 0.3) is 56.7 Å². The molecule has 2 saturated heterocycles. The summed E-state index contributed by atoms with van der Waals surface area (Å²) in [4.78, 5) is 102. The fourth-order valence-corrected chi connectivity index (χ4v) is 17.0. The molecule has 5 amide bonds. The second-order valence-electron chi connectivity index (χ2n) is 32.2. The van der Waals surface area contributed by atoms with Crippen molar-refractivity contribution in [3.05, 3.63) is 132 Å². The Bertz CT molecular complexity index is 5410. The van der Waals surface area contributed by atoms with Gasteiger partial charge >= 0.3 is 18.0 Å². The van der Waals surface area contributed by atoms with Gasteiger partial charge in [0.2, 0.25) is 74.2 Å². The first kappa shape index (κ1) is 83.2. The van der Waals surface area contributed by atoms with E-state index in [0.29, 0.717) is 108 Å². The number of nitrogens with zero attached hydrogens (tertiary/aromatic N) is 10. The fraction of sp³-hybridized carbons (Fsp3) is 0.462. The number of carboxylic acid groups (broad SMARTS) is 1. The molecule has 4 aliphatic heterocycles. The van der Waals surface area contributed by atoms with E-state index in [1.807, 2.05) is 141 Å². The van der Waals surface area contributed by atoms with Crippen LogP contribution in [0.5, 0.6) is 11.8 Å². The Labute approximate surface area is 670 Å². The van der Waals surface area contributed by atoms with Gasteiger partial charge in [-0.3, -0.25) is 33.4 Å². The molecule has 0 spiro atoms. The van der Waals surface area contributed by atoms with E-state index in [4.69, 9.17) is 44.0 Å². The second kappa shape index (κ2) is 32.7. The van der Waals surface area contributed by atoms with E-state index >= 15 is 0 Å². The number of allylic oxidation sites excluding steroid dienone is 2. The quantitative estimate of drug-likeness (QED) is 0.0594. The molecule has 10 atom stereocenters. The third kappa shape index (κ3) is 18.4. The molecule has 38 heteroatoms. The maximum atomic E-state index is 14.7. The van der Waals surface area contributed by atoms with Crippen molar-refractivity contribution >= 4 is 114 Å². The van der Waals surface area contributed by atoms with Gasteiger partial charge in [-0.15, -0.1) is 22.6 Å². The molecule has 31 nitrogen and oxygen atoms in total. The Balaban J connectivity index is 0.000000173. The van der Waals surface area contributed by atoms with Crippen LogP contribution in [0.4, 0.5) is 29.6 Å². The number of para-hydroxylation sites is 4. The van der Waals surface area contributed by atoms with Gasteiger partial charge in [0.15, 0.2) is 0 Å². The van der Waals surface area contributed by atoms with Crippen LogP contribution in [0.15, 0.2) is 118 Å². The van der Waals surface area contributed by atoms with Crippen molar-refractivity contribution in [2.45, 2.75) is 189 Å². The Hall–Kier alpha value is -10.8. The third-order valence-electron chi connectivity index (χ3n) is 21.3. The molecule has 8 aromatic rings. The van der Waals surface area contributed by atoms with Crippen molar-refractivity contribution < 1.29 is 86.6 Å². The molecule has 8 aliphatic rings. The van der Waals surface area contributed by atoms with Crippen molar-refractivity contribution in [1.82, 2.24) is 64.9 Å². The van der Waals surface area contributed by atoms with Gasteiger partial charge in [-0.2, -0.15) is 0 Å². The third-order valence-corrected chi connectivity index (χ3v) is 24.9. The van der Waals surface area contributed by atoms with Gasteiger partial charge in [-0.1, -0.05) is 137 Å². The van der Waals surface area contributed by atoms with Crippen molar-refractivity contribution in [1.29, 1.82) is 0 Å². The predicted octanol–water partition coefficient (Wildman–Crippen LogP) is 8.86. The van der Waals surface area contributed by atoms with E-state index in [1.165, 1.54) is 9.80 Å². The zero-order valence-corrected chi connectivity index (χ0v) is 66.3. The topological polar surface area (TPSA) is 431 Å². The standard InChI is InChI=1S/C39H42F2N8O7S.C31H32N6O5.C8H12F2N2O3S.ClH/c1-38(2,3)31-35(51)49-20-23(18-28(49)33(50)45-39(19-25(39)32(40)41)36(52)48-57(53,54)24-15-16-24)55-34-30(42-26-12-5-6-13-27(26)43-34)22-11-8-10-21(17-22)9-4-7-14-29-46-47-37(44-31)56-29;1-31(2,3)26-28(38)37-17-20(16-23(37)29(39)40)41-27-25(32-21-12-5-6-13-22(21)33-27)19-11-8-10-18(15-19)9-4-7-14-24-35-36-30(34-26)42-24;9-6(10)5-3-8(5,11)7(13)12-16(14,15)4-1-2-4;/h4-6,8-13,17,23-25,28,31-32H,7,14-16,18-20H2,1-3H3,(H,44,47)(H,45,50)(H,48,52);4-6,8-13,15,20,23,26H,7,14,16-17H2,1-3H3,(H,34,36)(H,39,40);4-6H,1-3,11H2,(H,12,13);1H/b2*9-4+;;/t23?,25-,28-,31+,39+;20?,23-,26+;5-,8+;/m000./s1. The van der Waals surface area contributed by atoms with Crippen LogP contribution in [-0.4, -0.2) is 191 Å². The van der Waals surface area contributed by atoms with Crippen molar-refractivity contribution in [2.75, 3.05) is 23.7 Å². The molecule has 616 valence electrons. The lowest BCUT2D eigenvalue weighted by Crippen LogP contribution is -2.59. The average Bonchev–Trinajstić information content (AvgIpc) is 1.56. The zero-order valence-electron chi connectivity index (χ0n) is 63.8. The number of sulfonamides is 2. The summed E-state index contributed by atoms with van der Waals surface area (Å²) in [6, 6.07) is 26.1. The number of aliphatic carboxylic acids is 1. The number of carbonyl (C=O) groups excluding carboxylic acids is 5. The number of rotatable bonds is 11. The summed E-state index contributed by atoms with van der Waals surface area (Å²) in [6.45, 7) is 11.0. The Morgan fingerprint density at radius 1 is 0.578 bits per heavy atom. The van der Waals surface area contributed by atoms with Crippen LogP contribution >= 0.6 is 12.4 Å². The number of carboxylic acids is 1. The molecule has 4 aliphatic carbocycles. The lowest BCUT2D eigenvalue weighted by molar-refractivity contribution is -0.149. The van der Waals surface area contributed by atoms with E-state index in [-0.39, 0.29) is 68.6 Å². The van der Waals surface area contributed by atoms with E-state index in [9.17, 15) is 68.3 Å². The summed E-state index contributed by atoms with van der Waals surface area (Å²) < 4.78 is 130. The number of ether oxygens (including phenoxy) is 2. The van der Waals surface area contributed by atoms with Gasteiger partial charge in [0.25, 0.3) is 11.8 Å². The molecule has 6 fully saturated rings. The summed E-state index contributed by atoms with van der Waals surface area (Å²) >= 11 is 0. The van der Waals surface area contributed by atoms with E-state index < -0.39 is 150 Å². The molecular weight excluding hydrogens is 1580 g/mol. The number of amides is 5. The number of carbonyl (C=O) groups is 6. The van der Waals surface area contributed by atoms with Gasteiger partial charge in [0.1, 0.15) is 58.8 Å². The summed E-state index contributed by atoms with van der Waals surface area (Å²) in [5.41, 5.74) is 6.93. The predicted molar refractivity (Wildman–Crippen MR) is 417 cm³/mol. The highest BCUT2D eigenvalue weighted by molar-refractivity contribution is 7.91. The smallest absolute Gasteiger partial charge is 0.326 e. The first-order valence-corrected chi connectivity index (χ1v) is 40.8. The monoisotopic (exact) mass is 1660 g/mol. The number of nitrogens with two attached hydrogens (primary N) is 1. The lowest BCUT2D eigenvalue weighted by atomic mass is 9.85. The van der Waals surface area contributed by atoms with Crippen LogP contribution in [0.2, 0.25) is 0 Å². The van der Waals surface area contributed by atoms with Gasteiger partial charge < -0.3 is 54.9 Å². The number of aromatic nitrogens is 8. The number of alkyl halides is 4. The first-order chi connectivity index (χ1) is 54.5. The molecule has 116 heavy (non-hydrogen) atoms. The number of hydrogen-bond donors (Lipinski definition) is 7. The maximum absolute atomic E-state index is 14.7. The number of nitrogens with one attached hydrogen (secondary N) is 5. The highest BCUT2D eigenvalue weighted by Crippen LogP contribution is 2.50. The summed E-state index contributed by atoms with van der Waals surface area (Å²) in [5, 5.41) is 33.8. The molecule has 4 aromatic heterocycles. The summed E-state index contributed by atoms with van der Waals surface area (Å²) in [5.74, 6) is -6.89. The Morgan fingerprint density at radius 3 is 1.41 bits per heavy atom. The molecule has 16 rings (SSSR count). The Kier molecular flexibility index (Phi) is 23.5. The molecule has 8 heterocycles. The second-order valence-corrected chi connectivity index (χ2v) is 36.1. The lowest BCUT2D eigenvalue weighted by Gasteiger charge is -2.35. The number of anilines is 2. The minimum Gasteiger partial charge on any atom is -0.480 e. The molecule has 4 saturated carbocycles. The fourth-order valence-electron chi connectivity index (χ4n) is 14.3. The normalized spacial score (nSPS) is 25.2. The van der Waals surface area contributed by atoms with Crippen LogP contribution < -0.4 is 40.6 Å². The van der Waals surface area contributed by atoms with E-state index in [0.717, 1.165) is 16.7 Å². The van der Waals surface area contributed by atoms with Gasteiger partial charge in [0, 0.05) is 42.7 Å². The highest BCUT2D eigenvalue weighted by Gasteiger charge is 2.67. The van der Waals surface area contributed by atoms with Crippen LogP contribution in [0.3, 0.4) is 0 Å². The Morgan fingerprint density at radius 2 is 1.00 bits per heavy atom. The van der Waals surface area contributed by atoms with Gasteiger partial charge in [-0.25, -0.2) is 59.1 Å². The SMILES string of the molecule is CC(C)(C)[C@@H]1Nc2nnc(o2)CC/C=C/c2cccc(c2)-c2nc3ccccc3nc2OC2C[C@@H](C(=O)N[C@]3(C(=O)NS(=O)(=O)C4CC4)C[C@H]3C(F)F)N(C2)C1=O.CC(C)(C)[C@@H]1Nc2nnc(o2)CC/C=C/c2cccc(c2)-c2nc3ccccc3nc2OC2C[C@@H](C(=O)O)N(C2)C1=O.Cl.N[C@]1(C(=O)NS(=O)(=O)C2CC2)C[C@H]1C(F)F. The number of benzene rings is 4. The van der Waals surface area contributed by atoms with Gasteiger partial charge in [-0.05, 0) is 110 Å². The van der Waals surface area contributed by atoms with Crippen LogP contribution in [0.1, 0.15) is 129 Å². The molecule has 2 unspecified atom stereocenters. The minimum atomic E-state index is -4.13. The number of aryl methyl sites for hydroxylation is 2. The maximum Gasteiger partial charge on any atom is 0.326 e. The molecule has 0 radical (unpaired) electrons. The molecule has 8 N–H and O–H groups in total. The molecular formula is C78H87ClF4N16O15S2. The molecule has 12 bridgehead atoms. The van der Waals surface area contributed by atoms with E-state index in [2.05, 4.69) is 36.3 Å². The number of halogens is 5. The van der Waals surface area contributed by atoms with E-state index in [1.54, 1.807) is 31.6 Å². The van der Waals surface area contributed by atoms with Crippen molar-refractivity contribution in [2.24, 2.45) is 28.4 Å². The molecule has 4 aromatic carbocycles. The van der Waals surface area contributed by atoms with Crippen molar-refractivity contribution in [3.63, 3.8) is 0 Å². The summed E-state index contributed by atoms with van der Waals surface area (Å²) in [7, 11) is -7.83. The average molecular weight is 1660 g/mol. The van der Waals surface area contributed by atoms with Crippen LogP contribution in [-0.2, 0) is 61.7 Å². The first-order valence-electron chi connectivity index (χ1n) is 37.8. The highest BCUT2D eigenvalue weighted by atomic mass is 35.5. The summed E-state index contributed by atoms with van der Waals surface area (Å²) in [6.07, 6.45) is 3.91. The van der Waals surface area contributed by atoms with Crippen molar-refractivity contribution in [3.8, 4) is 34.3 Å². The zero-order chi connectivity index (χ0) is 81.8. The van der Waals surface area contributed by atoms with Gasteiger partial charge in [0.05, 0.1) is 51.6 Å². The van der Waals surface area contributed by atoms with Crippen LogP contribution in [0, 0.1) is 22.7 Å².